The third-order valence-electron chi connectivity index (χ3n) is 4.13. The van der Waals surface area contributed by atoms with Gasteiger partial charge in [0.05, 0.1) is 13.0 Å². The maximum Gasteiger partial charge on any atom is 0.306 e. The van der Waals surface area contributed by atoms with Gasteiger partial charge in [-0.15, -0.1) is 0 Å². The minimum Gasteiger partial charge on any atom is -0.497 e. The largest absolute Gasteiger partial charge is 0.497 e. The van der Waals surface area contributed by atoms with Crippen LogP contribution in [-0.4, -0.2) is 18.2 Å². The quantitative estimate of drug-likeness (QED) is 0.688. The van der Waals surface area contributed by atoms with Crippen LogP contribution >= 0.6 is 0 Å². The highest BCUT2D eigenvalue weighted by atomic mass is 16.5. The predicted octanol–water partition coefficient (Wildman–Crippen LogP) is 4.55. The van der Waals surface area contributed by atoms with E-state index in [4.69, 9.17) is 4.74 Å². The van der Waals surface area contributed by atoms with Crippen LogP contribution < -0.4 is 4.74 Å². The van der Waals surface area contributed by atoms with Crippen molar-refractivity contribution < 1.29 is 14.6 Å². The van der Waals surface area contributed by atoms with Crippen molar-refractivity contribution in [1.29, 1.82) is 0 Å². The summed E-state index contributed by atoms with van der Waals surface area (Å²) < 4.78 is 5.20. The summed E-state index contributed by atoms with van der Waals surface area (Å²) in [5.74, 6) is 0.304. The maximum atomic E-state index is 11.6. The average Bonchev–Trinajstić information content (AvgIpc) is 2.50. The Hall–Kier alpha value is -1.51. The van der Waals surface area contributed by atoms with Crippen LogP contribution in [0.1, 0.15) is 51.5 Å². The molecule has 0 aliphatic rings. The van der Waals surface area contributed by atoms with Gasteiger partial charge < -0.3 is 9.84 Å². The molecular formula is C18H28O3. The van der Waals surface area contributed by atoms with E-state index in [9.17, 15) is 9.90 Å². The first kappa shape index (κ1) is 17.5. The van der Waals surface area contributed by atoms with Crippen LogP contribution in [0.15, 0.2) is 24.3 Å². The lowest BCUT2D eigenvalue weighted by molar-refractivity contribution is -0.142. The zero-order chi connectivity index (χ0) is 15.7. The first-order valence-electron chi connectivity index (χ1n) is 7.96. The molecule has 0 radical (unpaired) electrons. The molecule has 0 saturated carbocycles. The van der Waals surface area contributed by atoms with E-state index >= 15 is 0 Å². The van der Waals surface area contributed by atoms with Gasteiger partial charge in [-0.3, -0.25) is 4.79 Å². The Morgan fingerprint density at radius 2 is 2.10 bits per heavy atom. The molecule has 3 nitrogen and oxygen atoms in total. The van der Waals surface area contributed by atoms with Gasteiger partial charge in [-0.25, -0.2) is 0 Å². The molecule has 2 atom stereocenters. The Morgan fingerprint density at radius 3 is 2.67 bits per heavy atom. The molecule has 0 spiro atoms. The Balaban J connectivity index is 2.70. The van der Waals surface area contributed by atoms with Gasteiger partial charge in [-0.05, 0) is 36.5 Å². The van der Waals surface area contributed by atoms with Crippen molar-refractivity contribution in [2.24, 2.45) is 11.8 Å². The number of carbonyl (C=O) groups is 1. The highest BCUT2D eigenvalue weighted by Gasteiger charge is 2.22. The van der Waals surface area contributed by atoms with E-state index in [0.717, 1.165) is 30.6 Å². The van der Waals surface area contributed by atoms with Crippen molar-refractivity contribution >= 4 is 5.97 Å². The van der Waals surface area contributed by atoms with Crippen LogP contribution in [0.5, 0.6) is 5.75 Å². The standard InChI is InChI=1S/C18H28O3/c1-4-6-8-14(5-2)11-16(18(19)20)12-15-9-7-10-17(13-15)21-3/h7,9-10,13-14,16H,4-6,8,11-12H2,1-3H3,(H,19,20). The second-order valence-corrected chi connectivity index (χ2v) is 5.74. The third kappa shape index (κ3) is 6.19. The number of aliphatic carboxylic acids is 1. The molecule has 0 amide bonds. The highest BCUT2D eigenvalue weighted by Crippen LogP contribution is 2.25. The van der Waals surface area contributed by atoms with Crippen LogP contribution in [0.2, 0.25) is 0 Å². The zero-order valence-electron chi connectivity index (χ0n) is 13.5. The summed E-state index contributed by atoms with van der Waals surface area (Å²) in [6.45, 7) is 4.34. The van der Waals surface area contributed by atoms with Crippen LogP contribution in [0, 0.1) is 11.8 Å². The molecular weight excluding hydrogens is 264 g/mol. The number of rotatable bonds is 10. The number of ether oxygens (including phenoxy) is 1. The van der Waals surface area contributed by atoms with E-state index in [-0.39, 0.29) is 5.92 Å². The molecule has 3 heteroatoms. The van der Waals surface area contributed by atoms with Crippen molar-refractivity contribution in [1.82, 2.24) is 0 Å². The molecule has 0 aliphatic carbocycles. The molecule has 1 rings (SSSR count). The lowest BCUT2D eigenvalue weighted by Crippen LogP contribution is -2.20. The van der Waals surface area contributed by atoms with Crippen molar-refractivity contribution in [3.05, 3.63) is 29.8 Å². The van der Waals surface area contributed by atoms with E-state index in [0.29, 0.717) is 12.3 Å². The second kappa shape index (κ2) is 9.43. The van der Waals surface area contributed by atoms with Crippen molar-refractivity contribution in [3.8, 4) is 5.75 Å². The number of unbranched alkanes of at least 4 members (excludes halogenated alkanes) is 1. The van der Waals surface area contributed by atoms with Gasteiger partial charge in [0.1, 0.15) is 5.75 Å². The van der Waals surface area contributed by atoms with Crippen molar-refractivity contribution in [3.63, 3.8) is 0 Å². The number of benzene rings is 1. The predicted molar refractivity (Wildman–Crippen MR) is 85.7 cm³/mol. The van der Waals surface area contributed by atoms with Crippen LogP contribution in [0.4, 0.5) is 0 Å². The summed E-state index contributed by atoms with van der Waals surface area (Å²) in [5, 5.41) is 9.50. The average molecular weight is 292 g/mol. The third-order valence-corrected chi connectivity index (χ3v) is 4.13. The van der Waals surface area contributed by atoms with Gasteiger partial charge in [0.2, 0.25) is 0 Å². The molecule has 1 N–H and O–H groups in total. The van der Waals surface area contributed by atoms with E-state index in [1.165, 1.54) is 12.8 Å². The summed E-state index contributed by atoms with van der Waals surface area (Å²) in [6, 6.07) is 7.71. The molecule has 0 saturated heterocycles. The van der Waals surface area contributed by atoms with Gasteiger partial charge in [0, 0.05) is 0 Å². The van der Waals surface area contributed by atoms with Gasteiger partial charge in [-0.1, -0.05) is 51.7 Å². The Morgan fingerprint density at radius 1 is 1.33 bits per heavy atom. The Labute approximate surface area is 128 Å². The molecule has 0 aliphatic heterocycles. The van der Waals surface area contributed by atoms with E-state index in [1.54, 1.807) is 7.11 Å². The summed E-state index contributed by atoms with van der Waals surface area (Å²) in [5.41, 5.74) is 1.03. The smallest absolute Gasteiger partial charge is 0.306 e. The summed E-state index contributed by atoms with van der Waals surface area (Å²) in [6.07, 6.45) is 5.89. The van der Waals surface area contributed by atoms with E-state index in [1.807, 2.05) is 24.3 Å². The van der Waals surface area contributed by atoms with Crippen LogP contribution in [0.25, 0.3) is 0 Å². The first-order valence-corrected chi connectivity index (χ1v) is 7.96. The molecule has 0 fully saturated rings. The molecule has 118 valence electrons. The SMILES string of the molecule is CCCCC(CC)CC(Cc1cccc(OC)c1)C(=O)O. The van der Waals surface area contributed by atoms with Crippen molar-refractivity contribution in [2.75, 3.05) is 7.11 Å². The van der Waals surface area contributed by atoms with Crippen LogP contribution in [-0.2, 0) is 11.2 Å². The topological polar surface area (TPSA) is 46.5 Å². The number of carboxylic acids is 1. The second-order valence-electron chi connectivity index (χ2n) is 5.74. The van der Waals surface area contributed by atoms with E-state index in [2.05, 4.69) is 13.8 Å². The molecule has 0 bridgehead atoms. The summed E-state index contributed by atoms with van der Waals surface area (Å²) >= 11 is 0. The van der Waals surface area contributed by atoms with Gasteiger partial charge in [-0.2, -0.15) is 0 Å². The summed E-state index contributed by atoms with van der Waals surface area (Å²) in [4.78, 5) is 11.6. The monoisotopic (exact) mass is 292 g/mol. The zero-order valence-corrected chi connectivity index (χ0v) is 13.5. The number of hydrogen-bond donors (Lipinski definition) is 1. The van der Waals surface area contributed by atoms with Gasteiger partial charge >= 0.3 is 5.97 Å². The molecule has 1 aromatic rings. The highest BCUT2D eigenvalue weighted by molar-refractivity contribution is 5.70. The summed E-state index contributed by atoms with van der Waals surface area (Å²) in [7, 11) is 1.63. The number of methoxy groups -OCH3 is 1. The molecule has 21 heavy (non-hydrogen) atoms. The molecule has 1 aromatic carbocycles. The van der Waals surface area contributed by atoms with Gasteiger partial charge in [0.25, 0.3) is 0 Å². The Bertz CT molecular complexity index is 428. The fraction of sp³-hybridized carbons (Fsp3) is 0.611. The fourth-order valence-corrected chi connectivity index (χ4v) is 2.74. The minimum absolute atomic E-state index is 0.307. The van der Waals surface area contributed by atoms with Crippen molar-refractivity contribution in [2.45, 2.75) is 52.4 Å². The first-order chi connectivity index (χ1) is 10.1. The van der Waals surface area contributed by atoms with Crippen LogP contribution in [0.3, 0.4) is 0 Å². The van der Waals surface area contributed by atoms with Gasteiger partial charge in [0.15, 0.2) is 0 Å². The lowest BCUT2D eigenvalue weighted by atomic mass is 9.85. The Kier molecular flexibility index (Phi) is 7.88. The minimum atomic E-state index is -0.687. The maximum absolute atomic E-state index is 11.6. The number of hydrogen-bond acceptors (Lipinski definition) is 2. The van der Waals surface area contributed by atoms with E-state index < -0.39 is 5.97 Å². The fourth-order valence-electron chi connectivity index (χ4n) is 2.74. The molecule has 2 unspecified atom stereocenters. The molecule has 0 aromatic heterocycles. The number of carboxylic acid groups (broad SMARTS) is 1. The normalized spacial score (nSPS) is 13.7. The molecule has 0 heterocycles. The lowest BCUT2D eigenvalue weighted by Gasteiger charge is -2.20.